The van der Waals surface area contributed by atoms with Crippen molar-refractivity contribution in [2.24, 2.45) is 0 Å². The first-order valence-corrected chi connectivity index (χ1v) is 7.93. The first-order valence-electron chi connectivity index (χ1n) is 7.93. The van der Waals surface area contributed by atoms with Gasteiger partial charge in [0.25, 0.3) is 0 Å². The Kier molecular flexibility index (Phi) is 3.50. The van der Waals surface area contributed by atoms with Gasteiger partial charge in [0.2, 0.25) is 5.91 Å². The fourth-order valence-corrected chi connectivity index (χ4v) is 3.89. The van der Waals surface area contributed by atoms with Crippen LogP contribution in [0.15, 0.2) is 48.8 Å². The molecule has 0 spiro atoms. The number of nitrogens with zero attached hydrogens (tertiary/aromatic N) is 2. The molecule has 1 saturated heterocycles. The zero-order valence-corrected chi connectivity index (χ0v) is 12.7. The van der Waals surface area contributed by atoms with Crippen molar-refractivity contribution in [3.63, 3.8) is 0 Å². The van der Waals surface area contributed by atoms with Crippen LogP contribution in [0.1, 0.15) is 17.0 Å². The molecule has 0 saturated carbocycles. The van der Waals surface area contributed by atoms with E-state index in [-0.39, 0.29) is 30.5 Å². The number of aliphatic hydroxyl groups is 1. The number of nitrogens with one attached hydrogen (secondary N) is 1. The molecule has 2 aliphatic heterocycles. The summed E-state index contributed by atoms with van der Waals surface area (Å²) in [4.78, 5) is 18.6. The highest BCUT2D eigenvalue weighted by atomic mass is 16.3. The lowest BCUT2D eigenvalue weighted by Crippen LogP contribution is -2.69. The molecule has 2 aliphatic rings. The van der Waals surface area contributed by atoms with E-state index in [9.17, 15) is 9.90 Å². The normalized spacial score (nSPS) is 24.9. The fourth-order valence-electron chi connectivity index (χ4n) is 3.89. The Morgan fingerprint density at radius 2 is 2.17 bits per heavy atom. The van der Waals surface area contributed by atoms with Crippen LogP contribution in [0.5, 0.6) is 0 Å². The summed E-state index contributed by atoms with van der Waals surface area (Å²) in [5.41, 5.74) is 3.22. The minimum Gasteiger partial charge on any atom is -0.394 e. The van der Waals surface area contributed by atoms with Crippen LogP contribution < -0.4 is 5.32 Å². The number of aliphatic hydroxyl groups excluding tert-OH is 1. The van der Waals surface area contributed by atoms with E-state index in [1.165, 1.54) is 5.56 Å². The molecule has 4 rings (SSSR count). The monoisotopic (exact) mass is 309 g/mol. The number of anilines is 1. The minimum absolute atomic E-state index is 0.00567. The van der Waals surface area contributed by atoms with Crippen LogP contribution in [0.25, 0.3) is 0 Å². The molecule has 1 fully saturated rings. The van der Waals surface area contributed by atoms with E-state index >= 15 is 0 Å². The summed E-state index contributed by atoms with van der Waals surface area (Å²) in [6, 6.07) is 11.9. The molecule has 2 N–H and O–H groups in total. The second-order valence-corrected chi connectivity index (χ2v) is 6.15. The summed E-state index contributed by atoms with van der Waals surface area (Å²) < 4.78 is 0. The van der Waals surface area contributed by atoms with Crippen LogP contribution in [0, 0.1) is 0 Å². The molecule has 1 aromatic heterocycles. The predicted molar refractivity (Wildman–Crippen MR) is 87.1 cm³/mol. The average molecular weight is 309 g/mol. The van der Waals surface area contributed by atoms with Crippen molar-refractivity contribution in [2.75, 3.05) is 18.5 Å². The molecule has 3 atom stereocenters. The molecular weight excluding hydrogens is 290 g/mol. The zero-order chi connectivity index (χ0) is 15.8. The number of para-hydroxylation sites is 1. The van der Waals surface area contributed by atoms with Gasteiger partial charge in [-0.2, -0.15) is 0 Å². The van der Waals surface area contributed by atoms with E-state index < -0.39 is 0 Å². The van der Waals surface area contributed by atoms with Crippen LogP contribution in [-0.2, 0) is 11.2 Å². The number of fused-ring (bicyclic) bond motifs is 3. The van der Waals surface area contributed by atoms with E-state index in [1.807, 2.05) is 29.2 Å². The number of aromatic nitrogens is 1. The molecule has 1 aromatic carbocycles. The number of carbonyl (C=O) groups excluding carboxylic acids is 1. The fraction of sp³-hybridized carbons (Fsp3) is 0.333. The molecular formula is C18H19N3O2. The lowest BCUT2D eigenvalue weighted by molar-refractivity contribution is -0.149. The Bertz CT molecular complexity index is 719. The van der Waals surface area contributed by atoms with E-state index in [0.29, 0.717) is 6.42 Å². The van der Waals surface area contributed by atoms with Gasteiger partial charge < -0.3 is 15.3 Å². The molecule has 0 aliphatic carbocycles. The van der Waals surface area contributed by atoms with Crippen molar-refractivity contribution < 1.29 is 9.90 Å². The Balaban J connectivity index is 1.56. The highest BCUT2D eigenvalue weighted by Crippen LogP contribution is 2.46. The molecule has 1 amide bonds. The Labute approximate surface area is 135 Å². The van der Waals surface area contributed by atoms with Gasteiger partial charge >= 0.3 is 0 Å². The van der Waals surface area contributed by atoms with E-state index in [0.717, 1.165) is 17.8 Å². The molecule has 0 bridgehead atoms. The van der Waals surface area contributed by atoms with E-state index in [4.69, 9.17) is 0 Å². The SMILES string of the molecule is O=C(Cc1cccnc1)N1[C@@H](CO)[C@@H]2c3ccccc3NC[C@@H]21. The quantitative estimate of drug-likeness (QED) is 0.899. The number of hydrogen-bond donors (Lipinski definition) is 2. The predicted octanol–water partition coefficient (Wildman–Crippen LogP) is 1.41. The Morgan fingerprint density at radius 3 is 2.96 bits per heavy atom. The maximum Gasteiger partial charge on any atom is 0.227 e. The topological polar surface area (TPSA) is 65.5 Å². The standard InChI is InChI=1S/C18H19N3O2/c22-11-16-18-13-5-1-2-6-14(13)20-10-15(18)21(16)17(23)8-12-4-3-7-19-9-12/h1-7,9,15-16,18,20,22H,8,10-11H2/t15-,16-,18+/m0/s1. The third-order valence-electron chi connectivity index (χ3n) is 4.92. The first-order chi connectivity index (χ1) is 11.3. The van der Waals surface area contributed by atoms with Crippen molar-refractivity contribution in [2.45, 2.75) is 24.4 Å². The number of benzene rings is 1. The van der Waals surface area contributed by atoms with Gasteiger partial charge in [-0.05, 0) is 23.3 Å². The second-order valence-electron chi connectivity index (χ2n) is 6.15. The van der Waals surface area contributed by atoms with E-state index in [1.54, 1.807) is 12.4 Å². The molecule has 0 radical (unpaired) electrons. The van der Waals surface area contributed by atoms with Crippen LogP contribution in [0.4, 0.5) is 5.69 Å². The number of likely N-dealkylation sites (tertiary alicyclic amines) is 1. The van der Waals surface area contributed by atoms with Gasteiger partial charge in [-0.15, -0.1) is 0 Å². The summed E-state index contributed by atoms with van der Waals surface area (Å²) in [5, 5.41) is 13.2. The van der Waals surface area contributed by atoms with Gasteiger partial charge in [-0.1, -0.05) is 24.3 Å². The highest BCUT2D eigenvalue weighted by Gasteiger charge is 2.52. The minimum atomic E-state index is -0.132. The van der Waals surface area contributed by atoms with Gasteiger partial charge in [-0.3, -0.25) is 9.78 Å². The number of rotatable bonds is 3. The van der Waals surface area contributed by atoms with Crippen molar-refractivity contribution in [3.05, 3.63) is 59.9 Å². The molecule has 3 heterocycles. The third-order valence-corrected chi connectivity index (χ3v) is 4.92. The summed E-state index contributed by atoms with van der Waals surface area (Å²) in [6.07, 6.45) is 3.75. The molecule has 5 heteroatoms. The highest BCUT2D eigenvalue weighted by molar-refractivity contribution is 5.81. The Morgan fingerprint density at radius 1 is 1.30 bits per heavy atom. The summed E-state index contributed by atoms with van der Waals surface area (Å²) in [7, 11) is 0. The number of hydrogen-bond acceptors (Lipinski definition) is 4. The van der Waals surface area contributed by atoms with Crippen LogP contribution in [0.2, 0.25) is 0 Å². The smallest absolute Gasteiger partial charge is 0.227 e. The number of amides is 1. The zero-order valence-electron chi connectivity index (χ0n) is 12.7. The lowest BCUT2D eigenvalue weighted by Gasteiger charge is -2.57. The molecule has 23 heavy (non-hydrogen) atoms. The second kappa shape index (κ2) is 5.66. The molecule has 2 aromatic rings. The van der Waals surface area contributed by atoms with Gasteiger partial charge in [0.05, 0.1) is 25.1 Å². The largest absolute Gasteiger partial charge is 0.394 e. The molecule has 118 valence electrons. The third kappa shape index (κ3) is 2.28. The lowest BCUT2D eigenvalue weighted by atomic mass is 9.72. The first kappa shape index (κ1) is 14.2. The Hall–Kier alpha value is -2.40. The van der Waals surface area contributed by atoms with Gasteiger partial charge in [0.15, 0.2) is 0 Å². The molecule has 5 nitrogen and oxygen atoms in total. The van der Waals surface area contributed by atoms with E-state index in [2.05, 4.69) is 22.4 Å². The maximum atomic E-state index is 12.7. The van der Waals surface area contributed by atoms with Gasteiger partial charge in [0.1, 0.15) is 0 Å². The van der Waals surface area contributed by atoms with Crippen molar-refractivity contribution in [1.29, 1.82) is 0 Å². The average Bonchev–Trinajstić information content (AvgIpc) is 2.56. The molecule has 0 unspecified atom stereocenters. The summed E-state index contributed by atoms with van der Waals surface area (Å²) >= 11 is 0. The van der Waals surface area contributed by atoms with Crippen LogP contribution in [-0.4, -0.2) is 46.1 Å². The van der Waals surface area contributed by atoms with Gasteiger partial charge in [-0.25, -0.2) is 0 Å². The maximum absolute atomic E-state index is 12.7. The van der Waals surface area contributed by atoms with Crippen LogP contribution in [0.3, 0.4) is 0 Å². The van der Waals surface area contributed by atoms with Crippen molar-refractivity contribution in [3.8, 4) is 0 Å². The van der Waals surface area contributed by atoms with Gasteiger partial charge in [0, 0.05) is 30.5 Å². The summed E-state index contributed by atoms with van der Waals surface area (Å²) in [5.74, 6) is 0.273. The summed E-state index contributed by atoms with van der Waals surface area (Å²) in [6.45, 7) is 0.727. The van der Waals surface area contributed by atoms with Crippen molar-refractivity contribution in [1.82, 2.24) is 9.88 Å². The number of carbonyl (C=O) groups is 1. The number of pyridine rings is 1. The van der Waals surface area contributed by atoms with Crippen molar-refractivity contribution >= 4 is 11.6 Å². The van der Waals surface area contributed by atoms with Crippen LogP contribution >= 0.6 is 0 Å².